The quantitative estimate of drug-likeness (QED) is 0.421. The number of hydrogen-bond donors (Lipinski definition) is 2. The fraction of sp³-hybridized carbons (Fsp3) is 0.500. The zero-order chi connectivity index (χ0) is 20.6. The molecule has 1 heterocycles. The highest BCUT2D eigenvalue weighted by Gasteiger charge is 2.25. The van der Waals surface area contributed by atoms with Crippen LogP contribution in [0.2, 0.25) is 0 Å². The van der Waals surface area contributed by atoms with Crippen molar-refractivity contribution in [1.29, 1.82) is 0 Å². The van der Waals surface area contributed by atoms with Gasteiger partial charge in [-0.05, 0) is 60.7 Å². The maximum absolute atomic E-state index is 5.58. The number of rotatable bonds is 5. The minimum atomic E-state index is 0.490. The monoisotopic (exact) mass is 424 g/mol. The standard InChI is InChI=1S/C24H32N4OS/c30-24(26-22-9-5-2-6-10-22)27-25-18-21-12-11-20(17-19-7-3-1-4-8-19)23(21)28-13-15-29-16-14-28/h1,3-4,7-8,17-18,22H,2,5-6,9-16H2,(H2,26,27,30)/b20-17-,25-18+. The van der Waals surface area contributed by atoms with Gasteiger partial charge in [-0.2, -0.15) is 5.10 Å². The van der Waals surface area contributed by atoms with Gasteiger partial charge in [-0.1, -0.05) is 49.6 Å². The van der Waals surface area contributed by atoms with Crippen LogP contribution in [0.15, 0.2) is 52.3 Å². The number of allylic oxidation sites excluding steroid dienone is 2. The first-order valence-corrected chi connectivity index (χ1v) is 11.6. The number of nitrogens with zero attached hydrogens (tertiary/aromatic N) is 2. The Morgan fingerprint density at radius 3 is 2.60 bits per heavy atom. The van der Waals surface area contributed by atoms with Crippen molar-refractivity contribution >= 4 is 29.6 Å². The molecule has 5 nitrogen and oxygen atoms in total. The van der Waals surface area contributed by atoms with Gasteiger partial charge in [0.15, 0.2) is 5.11 Å². The highest BCUT2D eigenvalue weighted by atomic mass is 32.1. The smallest absolute Gasteiger partial charge is 0.187 e. The van der Waals surface area contributed by atoms with Crippen LogP contribution in [0.1, 0.15) is 50.5 Å². The van der Waals surface area contributed by atoms with Gasteiger partial charge in [-0.25, -0.2) is 0 Å². The van der Waals surface area contributed by atoms with E-state index in [1.165, 1.54) is 54.5 Å². The fourth-order valence-corrected chi connectivity index (χ4v) is 4.77. The summed E-state index contributed by atoms with van der Waals surface area (Å²) < 4.78 is 5.58. The van der Waals surface area contributed by atoms with Crippen LogP contribution < -0.4 is 10.7 Å². The van der Waals surface area contributed by atoms with Gasteiger partial charge in [0.25, 0.3) is 0 Å². The second-order valence-electron chi connectivity index (χ2n) is 8.23. The van der Waals surface area contributed by atoms with Crippen molar-refractivity contribution in [1.82, 2.24) is 15.6 Å². The van der Waals surface area contributed by atoms with E-state index in [1.54, 1.807) is 0 Å². The third kappa shape index (κ3) is 5.70. The Kier molecular flexibility index (Phi) is 7.54. The third-order valence-electron chi connectivity index (χ3n) is 6.07. The molecule has 0 radical (unpaired) electrons. The summed E-state index contributed by atoms with van der Waals surface area (Å²) in [6.07, 6.45) is 12.6. The number of benzene rings is 1. The molecule has 2 aliphatic carbocycles. The molecule has 0 unspecified atom stereocenters. The Morgan fingerprint density at radius 1 is 1.07 bits per heavy atom. The minimum absolute atomic E-state index is 0.490. The molecule has 1 saturated heterocycles. The van der Waals surface area contributed by atoms with Crippen molar-refractivity contribution in [2.24, 2.45) is 5.10 Å². The lowest BCUT2D eigenvalue weighted by Crippen LogP contribution is -2.40. The molecule has 6 heteroatoms. The van der Waals surface area contributed by atoms with E-state index in [9.17, 15) is 0 Å². The van der Waals surface area contributed by atoms with Gasteiger partial charge in [0.05, 0.1) is 19.4 Å². The summed E-state index contributed by atoms with van der Waals surface area (Å²) in [6, 6.07) is 11.0. The van der Waals surface area contributed by atoms with Gasteiger partial charge in [0.2, 0.25) is 0 Å². The van der Waals surface area contributed by atoms with Crippen molar-refractivity contribution in [2.45, 2.75) is 51.0 Å². The van der Waals surface area contributed by atoms with Crippen molar-refractivity contribution in [2.75, 3.05) is 26.3 Å². The van der Waals surface area contributed by atoms with Crippen molar-refractivity contribution < 1.29 is 4.74 Å². The van der Waals surface area contributed by atoms with Gasteiger partial charge >= 0.3 is 0 Å². The Hall–Kier alpha value is -2.18. The lowest BCUT2D eigenvalue weighted by molar-refractivity contribution is 0.0548. The molecule has 0 amide bonds. The Balaban J connectivity index is 1.46. The van der Waals surface area contributed by atoms with Crippen molar-refractivity contribution in [3.8, 4) is 0 Å². The Morgan fingerprint density at radius 2 is 1.83 bits per heavy atom. The van der Waals surface area contributed by atoms with E-state index < -0.39 is 0 Å². The SMILES string of the molecule is S=C(N/N=C/C1=C(N2CCOCC2)C(=C\c2ccccc2)/CC1)NC1CCCCC1. The molecule has 1 saturated carbocycles. The molecule has 2 N–H and O–H groups in total. The molecular weight excluding hydrogens is 392 g/mol. The molecule has 160 valence electrons. The maximum atomic E-state index is 5.58. The number of morpholine rings is 1. The van der Waals surface area contributed by atoms with E-state index in [-0.39, 0.29) is 0 Å². The summed E-state index contributed by atoms with van der Waals surface area (Å²) in [4.78, 5) is 2.45. The number of nitrogens with one attached hydrogen (secondary N) is 2. The van der Waals surface area contributed by atoms with E-state index in [4.69, 9.17) is 17.0 Å². The molecule has 0 atom stereocenters. The zero-order valence-corrected chi connectivity index (χ0v) is 18.4. The lowest BCUT2D eigenvalue weighted by Gasteiger charge is -2.31. The van der Waals surface area contributed by atoms with Crippen molar-refractivity contribution in [3.05, 3.63) is 52.7 Å². The van der Waals surface area contributed by atoms with Crippen LogP contribution in [0.25, 0.3) is 6.08 Å². The van der Waals surface area contributed by atoms with Gasteiger partial charge in [-0.15, -0.1) is 0 Å². The van der Waals surface area contributed by atoms with Crippen molar-refractivity contribution in [3.63, 3.8) is 0 Å². The second-order valence-corrected chi connectivity index (χ2v) is 8.64. The van der Waals surface area contributed by atoms with Crippen LogP contribution in [-0.4, -0.2) is 48.6 Å². The first-order valence-electron chi connectivity index (χ1n) is 11.2. The molecule has 1 aromatic carbocycles. The summed E-state index contributed by atoms with van der Waals surface area (Å²) in [5.41, 5.74) is 8.25. The Labute approximate surface area is 185 Å². The molecule has 1 aromatic rings. The largest absolute Gasteiger partial charge is 0.378 e. The maximum Gasteiger partial charge on any atom is 0.187 e. The Bertz CT molecular complexity index is 806. The summed E-state index contributed by atoms with van der Waals surface area (Å²) in [6.45, 7) is 3.40. The van der Waals surface area contributed by atoms with Gasteiger partial charge in [0.1, 0.15) is 0 Å². The van der Waals surface area contributed by atoms with E-state index >= 15 is 0 Å². The van der Waals surface area contributed by atoms with Gasteiger partial charge in [-0.3, -0.25) is 5.43 Å². The minimum Gasteiger partial charge on any atom is -0.378 e. The molecule has 4 rings (SSSR count). The second kappa shape index (κ2) is 10.7. The van der Waals surface area contributed by atoms with Crippen LogP contribution in [0.4, 0.5) is 0 Å². The van der Waals surface area contributed by atoms with Gasteiger partial charge in [0, 0.05) is 24.8 Å². The predicted octanol–water partition coefficient (Wildman–Crippen LogP) is 4.23. The highest BCUT2D eigenvalue weighted by Crippen LogP contribution is 2.34. The zero-order valence-electron chi connectivity index (χ0n) is 17.6. The summed E-state index contributed by atoms with van der Waals surface area (Å²) >= 11 is 5.45. The number of thiocarbonyl (C=S) groups is 1. The molecule has 1 aliphatic heterocycles. The van der Waals surface area contributed by atoms with E-state index in [0.717, 1.165) is 39.1 Å². The van der Waals surface area contributed by atoms with Crippen LogP contribution in [0.3, 0.4) is 0 Å². The van der Waals surface area contributed by atoms with E-state index in [0.29, 0.717) is 11.2 Å². The molecule has 30 heavy (non-hydrogen) atoms. The molecule has 2 fully saturated rings. The molecular formula is C24H32N4OS. The van der Waals surface area contributed by atoms with Crippen LogP contribution in [-0.2, 0) is 4.74 Å². The van der Waals surface area contributed by atoms with Gasteiger partial charge < -0.3 is 15.0 Å². The first-order chi connectivity index (χ1) is 14.8. The number of hydrogen-bond acceptors (Lipinski definition) is 4. The molecule has 0 bridgehead atoms. The highest BCUT2D eigenvalue weighted by molar-refractivity contribution is 7.80. The average Bonchev–Trinajstić information content (AvgIpc) is 3.18. The molecule has 0 aromatic heterocycles. The average molecular weight is 425 g/mol. The fourth-order valence-electron chi connectivity index (χ4n) is 4.56. The lowest BCUT2D eigenvalue weighted by atomic mass is 9.96. The summed E-state index contributed by atoms with van der Waals surface area (Å²) in [5.74, 6) is 0. The van der Waals surface area contributed by atoms with Crippen LogP contribution in [0, 0.1) is 0 Å². The topological polar surface area (TPSA) is 48.9 Å². The summed E-state index contributed by atoms with van der Waals surface area (Å²) in [7, 11) is 0. The molecule has 3 aliphatic rings. The molecule has 0 spiro atoms. The normalized spacial score (nSPS) is 22.1. The third-order valence-corrected chi connectivity index (χ3v) is 6.28. The number of ether oxygens (including phenoxy) is 1. The first kappa shape index (κ1) is 21.1. The number of hydrazone groups is 1. The van der Waals surface area contributed by atoms with Crippen LogP contribution >= 0.6 is 12.2 Å². The predicted molar refractivity (Wildman–Crippen MR) is 127 cm³/mol. The van der Waals surface area contributed by atoms with E-state index in [1.807, 2.05) is 6.21 Å². The van der Waals surface area contributed by atoms with Crippen LogP contribution in [0.5, 0.6) is 0 Å². The summed E-state index contributed by atoms with van der Waals surface area (Å²) in [5, 5.41) is 8.53. The van der Waals surface area contributed by atoms with E-state index in [2.05, 4.69) is 57.2 Å².